The minimum absolute atomic E-state index is 0.0404. The van der Waals surface area contributed by atoms with Crippen molar-refractivity contribution in [2.24, 2.45) is 7.05 Å². The van der Waals surface area contributed by atoms with Crippen molar-refractivity contribution in [1.29, 1.82) is 5.26 Å². The number of hydrogen-bond acceptors (Lipinski definition) is 6. The summed E-state index contributed by atoms with van der Waals surface area (Å²) >= 11 is 0. The summed E-state index contributed by atoms with van der Waals surface area (Å²) in [5.74, 6) is 0. The lowest BCUT2D eigenvalue weighted by atomic mass is 9.98. The molecule has 35 heavy (non-hydrogen) atoms. The molecular formula is C25H31F2N7O. The molecule has 4 rings (SSSR count). The average molecular weight is 484 g/mol. The highest BCUT2D eigenvalue weighted by atomic mass is 19.3. The van der Waals surface area contributed by atoms with Crippen LogP contribution in [0.25, 0.3) is 11.0 Å². The van der Waals surface area contributed by atoms with E-state index in [0.29, 0.717) is 17.6 Å². The van der Waals surface area contributed by atoms with E-state index in [9.17, 15) is 13.6 Å². The molecule has 0 aromatic carbocycles. The van der Waals surface area contributed by atoms with Gasteiger partial charge in [-0.25, -0.2) is 8.78 Å². The standard InChI is InChI=1S/C25H31F2N7O/c1-5-18-14-34(21-11-23(35)31(4)22-15-32(10-9-28)30-24(21)22)19(6-2)13-33(18)16(3)20-8-7-17(12-29-20)25(26)27/h7-8,11-12,15-16,18-19,25H,5-6,10,13-14H2,1-4H3/t16-,18+,19-/m0/s1. The number of rotatable bonds is 7. The summed E-state index contributed by atoms with van der Waals surface area (Å²) < 4.78 is 29.1. The first-order valence-corrected chi connectivity index (χ1v) is 12.0. The van der Waals surface area contributed by atoms with Crippen LogP contribution < -0.4 is 10.5 Å². The maximum atomic E-state index is 13.0. The van der Waals surface area contributed by atoms with Gasteiger partial charge in [-0.05, 0) is 31.9 Å². The molecule has 3 aromatic rings. The van der Waals surface area contributed by atoms with Gasteiger partial charge >= 0.3 is 0 Å². The normalized spacial score (nSPS) is 19.9. The number of alkyl halides is 2. The number of nitriles is 1. The number of anilines is 1. The third-order valence-electron chi connectivity index (χ3n) is 7.15. The van der Waals surface area contributed by atoms with Crippen LogP contribution in [0.5, 0.6) is 0 Å². The molecule has 0 bridgehead atoms. The summed E-state index contributed by atoms with van der Waals surface area (Å²) in [5, 5.41) is 13.7. The number of aromatic nitrogens is 4. The van der Waals surface area contributed by atoms with E-state index in [1.54, 1.807) is 34.6 Å². The monoisotopic (exact) mass is 483 g/mol. The lowest BCUT2D eigenvalue weighted by Gasteiger charge is -2.49. The number of fused-ring (bicyclic) bond motifs is 1. The van der Waals surface area contributed by atoms with Crippen molar-refractivity contribution in [1.82, 2.24) is 24.2 Å². The van der Waals surface area contributed by atoms with Crippen LogP contribution in [0.4, 0.5) is 14.5 Å². The van der Waals surface area contributed by atoms with E-state index in [1.807, 2.05) is 0 Å². The van der Waals surface area contributed by atoms with Gasteiger partial charge in [0.25, 0.3) is 12.0 Å². The number of hydrogen-bond donors (Lipinski definition) is 0. The molecule has 8 nitrogen and oxygen atoms in total. The molecule has 0 radical (unpaired) electrons. The first-order chi connectivity index (χ1) is 16.8. The van der Waals surface area contributed by atoms with Gasteiger partial charge in [0.15, 0.2) is 0 Å². The highest BCUT2D eigenvalue weighted by molar-refractivity contribution is 5.88. The van der Waals surface area contributed by atoms with Crippen molar-refractivity contribution in [2.45, 2.75) is 64.7 Å². The van der Waals surface area contributed by atoms with E-state index in [4.69, 9.17) is 5.26 Å². The molecule has 1 aliphatic rings. The van der Waals surface area contributed by atoms with Gasteiger partial charge in [0, 0.05) is 56.1 Å². The number of halogens is 2. The van der Waals surface area contributed by atoms with Gasteiger partial charge in [-0.1, -0.05) is 13.8 Å². The Morgan fingerprint density at radius 3 is 2.54 bits per heavy atom. The summed E-state index contributed by atoms with van der Waals surface area (Å²) in [6.07, 6.45) is 2.21. The van der Waals surface area contributed by atoms with Gasteiger partial charge in [0.05, 0.1) is 29.2 Å². The lowest BCUT2D eigenvalue weighted by Crippen LogP contribution is -2.59. The van der Waals surface area contributed by atoms with Crippen molar-refractivity contribution < 1.29 is 8.78 Å². The van der Waals surface area contributed by atoms with Crippen LogP contribution in [0, 0.1) is 11.3 Å². The van der Waals surface area contributed by atoms with E-state index in [2.05, 4.69) is 46.7 Å². The Hall–Kier alpha value is -3.32. The van der Waals surface area contributed by atoms with Crippen LogP contribution >= 0.6 is 0 Å². The zero-order valence-electron chi connectivity index (χ0n) is 20.5. The topological polar surface area (TPSA) is 83.0 Å². The highest BCUT2D eigenvalue weighted by Gasteiger charge is 2.36. The van der Waals surface area contributed by atoms with Crippen LogP contribution in [0.2, 0.25) is 0 Å². The van der Waals surface area contributed by atoms with Gasteiger partial charge in [-0.15, -0.1) is 0 Å². The third kappa shape index (κ3) is 4.65. The zero-order valence-corrected chi connectivity index (χ0v) is 20.5. The Bertz CT molecular complexity index is 1280. The van der Waals surface area contributed by atoms with Crippen molar-refractivity contribution in [3.05, 3.63) is 52.2 Å². The summed E-state index contributed by atoms with van der Waals surface area (Å²) in [6.45, 7) is 7.86. The summed E-state index contributed by atoms with van der Waals surface area (Å²) in [6, 6.07) is 7.14. The van der Waals surface area contributed by atoms with Gasteiger partial charge in [0.1, 0.15) is 12.1 Å². The Balaban J connectivity index is 1.69. The predicted molar refractivity (Wildman–Crippen MR) is 130 cm³/mol. The Morgan fingerprint density at radius 2 is 1.94 bits per heavy atom. The van der Waals surface area contributed by atoms with Gasteiger partial charge in [-0.3, -0.25) is 19.4 Å². The summed E-state index contributed by atoms with van der Waals surface area (Å²) in [7, 11) is 1.71. The highest BCUT2D eigenvalue weighted by Crippen LogP contribution is 2.34. The molecule has 1 aliphatic heterocycles. The number of nitrogens with zero attached hydrogens (tertiary/aromatic N) is 7. The molecule has 1 fully saturated rings. The number of aryl methyl sites for hydroxylation is 1. The number of pyridine rings is 2. The Labute approximate surface area is 203 Å². The largest absolute Gasteiger partial charge is 0.364 e. The van der Waals surface area contributed by atoms with E-state index in [-0.39, 0.29) is 35.8 Å². The Kier molecular flexibility index (Phi) is 7.17. The fraction of sp³-hybridized carbons (Fsp3) is 0.520. The zero-order chi connectivity index (χ0) is 25.3. The third-order valence-corrected chi connectivity index (χ3v) is 7.15. The van der Waals surface area contributed by atoms with Crippen molar-refractivity contribution in [3.8, 4) is 6.07 Å². The molecule has 3 atom stereocenters. The maximum absolute atomic E-state index is 13.0. The maximum Gasteiger partial charge on any atom is 0.265 e. The fourth-order valence-corrected chi connectivity index (χ4v) is 5.03. The van der Waals surface area contributed by atoms with E-state index >= 15 is 0 Å². The minimum atomic E-state index is -2.53. The number of piperazine rings is 1. The second-order valence-electron chi connectivity index (χ2n) is 9.11. The van der Waals surface area contributed by atoms with Crippen LogP contribution in [0.1, 0.15) is 57.3 Å². The molecule has 0 spiro atoms. The quantitative estimate of drug-likeness (QED) is 0.505. The lowest BCUT2D eigenvalue weighted by molar-refractivity contribution is 0.0989. The second kappa shape index (κ2) is 10.1. The Morgan fingerprint density at radius 1 is 1.20 bits per heavy atom. The summed E-state index contributed by atoms with van der Waals surface area (Å²) in [4.78, 5) is 21.8. The SMILES string of the molecule is CC[C@H]1CN([C@@H](C)c2ccc(C(F)F)cn2)[C@H](CC)CN1c1cc(=O)n(C)c2cn(CC#N)nc12. The molecule has 0 unspecified atom stereocenters. The van der Waals surface area contributed by atoms with Crippen LogP contribution in [0.3, 0.4) is 0 Å². The van der Waals surface area contributed by atoms with Crippen LogP contribution in [-0.2, 0) is 13.6 Å². The molecular weight excluding hydrogens is 452 g/mol. The molecule has 0 saturated carbocycles. The van der Waals surface area contributed by atoms with Crippen molar-refractivity contribution in [3.63, 3.8) is 0 Å². The molecule has 186 valence electrons. The molecule has 10 heteroatoms. The van der Waals surface area contributed by atoms with E-state index in [0.717, 1.165) is 30.8 Å². The predicted octanol–water partition coefficient (Wildman–Crippen LogP) is 4.03. The smallest absolute Gasteiger partial charge is 0.265 e. The minimum Gasteiger partial charge on any atom is -0.364 e. The molecule has 4 heterocycles. The van der Waals surface area contributed by atoms with Gasteiger partial charge < -0.3 is 9.47 Å². The van der Waals surface area contributed by atoms with Crippen molar-refractivity contribution in [2.75, 3.05) is 18.0 Å². The second-order valence-corrected chi connectivity index (χ2v) is 9.11. The van der Waals surface area contributed by atoms with Gasteiger partial charge in [0.2, 0.25) is 0 Å². The van der Waals surface area contributed by atoms with E-state index in [1.165, 1.54) is 12.3 Å². The molecule has 0 aliphatic carbocycles. The average Bonchev–Trinajstić information content (AvgIpc) is 3.29. The van der Waals surface area contributed by atoms with Gasteiger partial charge in [-0.2, -0.15) is 10.4 Å². The molecule has 1 saturated heterocycles. The van der Waals surface area contributed by atoms with E-state index < -0.39 is 6.43 Å². The molecule has 0 N–H and O–H groups in total. The molecule has 3 aromatic heterocycles. The van der Waals surface area contributed by atoms with Crippen LogP contribution in [-0.4, -0.2) is 49.4 Å². The first-order valence-electron chi connectivity index (χ1n) is 12.0. The summed E-state index contributed by atoms with van der Waals surface area (Å²) in [5.41, 5.74) is 2.77. The van der Waals surface area contributed by atoms with Crippen LogP contribution in [0.15, 0.2) is 35.4 Å². The molecule has 0 amide bonds. The van der Waals surface area contributed by atoms with Crippen molar-refractivity contribution >= 4 is 16.7 Å². The fourth-order valence-electron chi connectivity index (χ4n) is 5.03. The first kappa shape index (κ1) is 24.8.